The summed E-state index contributed by atoms with van der Waals surface area (Å²) >= 11 is 0. The van der Waals surface area contributed by atoms with Crippen LogP contribution in [0.5, 0.6) is 5.75 Å². The third-order valence-electron chi connectivity index (χ3n) is 3.43. The lowest BCUT2D eigenvalue weighted by molar-refractivity contribution is 0.374. The van der Waals surface area contributed by atoms with Gasteiger partial charge in [-0.3, -0.25) is 0 Å². The Morgan fingerprint density at radius 1 is 1.06 bits per heavy atom. The topological polar surface area (TPSA) is 58.3 Å². The number of fused-ring (bicyclic) bond motifs is 1. The van der Waals surface area contributed by atoms with Crippen LogP contribution in [0.4, 0.5) is 5.69 Å². The number of benzene rings is 2. The van der Waals surface area contributed by atoms with Crippen LogP contribution in [0.2, 0.25) is 0 Å². The van der Waals surface area contributed by atoms with Crippen molar-refractivity contribution < 1.29 is 5.11 Å². The van der Waals surface area contributed by atoms with Crippen molar-refractivity contribution in [3.63, 3.8) is 0 Å². The molecule has 3 nitrogen and oxygen atoms in total. The minimum Gasteiger partial charge on any atom is -0.507 e. The van der Waals surface area contributed by atoms with Crippen molar-refractivity contribution in [1.82, 2.24) is 0 Å². The largest absolute Gasteiger partial charge is 0.507 e. The molecular formula is C14H16N2O. The standard InChI is InChI=1S/C14H16N2O/c15-9-7-10(8-9)16-13-5-1-4-12-11(13)3-2-6-14(12)17/h1-6,9-10,16-17H,7-8,15H2. The SMILES string of the molecule is NC1CC(Nc2cccc3c(O)cccc23)C1. The highest BCUT2D eigenvalue weighted by atomic mass is 16.3. The summed E-state index contributed by atoms with van der Waals surface area (Å²) in [6.45, 7) is 0. The number of phenolic OH excluding ortho intramolecular Hbond substituents is 1. The smallest absolute Gasteiger partial charge is 0.123 e. The summed E-state index contributed by atoms with van der Waals surface area (Å²) < 4.78 is 0. The van der Waals surface area contributed by atoms with Crippen molar-refractivity contribution in [2.24, 2.45) is 5.73 Å². The van der Waals surface area contributed by atoms with E-state index < -0.39 is 0 Å². The van der Waals surface area contributed by atoms with E-state index in [-0.39, 0.29) is 0 Å². The molecule has 0 amide bonds. The van der Waals surface area contributed by atoms with E-state index in [1.165, 1.54) is 0 Å². The van der Waals surface area contributed by atoms with Gasteiger partial charge in [-0.25, -0.2) is 0 Å². The number of nitrogens with one attached hydrogen (secondary N) is 1. The molecule has 2 aromatic rings. The lowest BCUT2D eigenvalue weighted by Gasteiger charge is -2.34. The van der Waals surface area contributed by atoms with E-state index in [2.05, 4.69) is 5.32 Å². The van der Waals surface area contributed by atoms with Crippen LogP contribution in [0.3, 0.4) is 0 Å². The van der Waals surface area contributed by atoms with E-state index in [1.807, 2.05) is 30.3 Å². The predicted molar refractivity (Wildman–Crippen MR) is 70.2 cm³/mol. The van der Waals surface area contributed by atoms with Crippen LogP contribution >= 0.6 is 0 Å². The zero-order valence-corrected chi connectivity index (χ0v) is 9.56. The quantitative estimate of drug-likeness (QED) is 0.740. The zero-order chi connectivity index (χ0) is 11.8. The average Bonchev–Trinajstić information content (AvgIpc) is 2.28. The molecule has 0 bridgehead atoms. The molecule has 0 atom stereocenters. The van der Waals surface area contributed by atoms with Crippen molar-refractivity contribution >= 4 is 16.5 Å². The molecular weight excluding hydrogens is 212 g/mol. The van der Waals surface area contributed by atoms with E-state index in [9.17, 15) is 5.11 Å². The van der Waals surface area contributed by atoms with Gasteiger partial charge >= 0.3 is 0 Å². The summed E-state index contributed by atoms with van der Waals surface area (Å²) in [5, 5.41) is 15.2. The van der Waals surface area contributed by atoms with Crippen LogP contribution in [0.1, 0.15) is 12.8 Å². The molecule has 0 aliphatic heterocycles. The van der Waals surface area contributed by atoms with Gasteiger partial charge in [0.25, 0.3) is 0 Å². The van der Waals surface area contributed by atoms with Gasteiger partial charge in [0.2, 0.25) is 0 Å². The first-order chi connectivity index (χ1) is 8.24. The second-order valence-electron chi connectivity index (χ2n) is 4.75. The van der Waals surface area contributed by atoms with Gasteiger partial charge in [0, 0.05) is 28.5 Å². The maximum Gasteiger partial charge on any atom is 0.123 e. The molecule has 4 N–H and O–H groups in total. The Morgan fingerprint density at radius 3 is 2.53 bits per heavy atom. The van der Waals surface area contributed by atoms with Crippen LogP contribution < -0.4 is 11.1 Å². The van der Waals surface area contributed by atoms with Gasteiger partial charge in [-0.2, -0.15) is 0 Å². The number of hydrogen-bond acceptors (Lipinski definition) is 3. The summed E-state index contributed by atoms with van der Waals surface area (Å²) in [5.41, 5.74) is 6.86. The van der Waals surface area contributed by atoms with E-state index in [4.69, 9.17) is 5.73 Å². The summed E-state index contributed by atoms with van der Waals surface area (Å²) in [4.78, 5) is 0. The van der Waals surface area contributed by atoms with Crippen LogP contribution in [-0.2, 0) is 0 Å². The highest BCUT2D eigenvalue weighted by Gasteiger charge is 2.25. The van der Waals surface area contributed by atoms with E-state index in [0.717, 1.165) is 29.3 Å². The number of hydrogen-bond donors (Lipinski definition) is 3. The molecule has 1 saturated carbocycles. The van der Waals surface area contributed by atoms with Crippen molar-refractivity contribution in [1.29, 1.82) is 0 Å². The Balaban J connectivity index is 1.96. The molecule has 0 aromatic heterocycles. The second-order valence-corrected chi connectivity index (χ2v) is 4.75. The first kappa shape index (κ1) is 10.4. The molecule has 0 heterocycles. The van der Waals surface area contributed by atoms with Crippen molar-refractivity contribution in [2.75, 3.05) is 5.32 Å². The molecule has 2 aromatic carbocycles. The van der Waals surface area contributed by atoms with E-state index in [1.54, 1.807) is 6.07 Å². The second kappa shape index (κ2) is 3.93. The average molecular weight is 228 g/mol. The van der Waals surface area contributed by atoms with Gasteiger partial charge in [-0.05, 0) is 25.0 Å². The third-order valence-corrected chi connectivity index (χ3v) is 3.43. The first-order valence-electron chi connectivity index (χ1n) is 5.97. The van der Waals surface area contributed by atoms with Crippen molar-refractivity contribution in [3.05, 3.63) is 36.4 Å². The van der Waals surface area contributed by atoms with Crippen LogP contribution in [0.15, 0.2) is 36.4 Å². The molecule has 1 aliphatic carbocycles. The normalized spacial score (nSPS) is 23.4. The fraction of sp³-hybridized carbons (Fsp3) is 0.286. The minimum atomic E-state index is 0.330. The third kappa shape index (κ3) is 1.83. The van der Waals surface area contributed by atoms with Crippen LogP contribution in [0, 0.1) is 0 Å². The molecule has 3 rings (SSSR count). The summed E-state index contributed by atoms with van der Waals surface area (Å²) in [7, 11) is 0. The van der Waals surface area contributed by atoms with Gasteiger partial charge in [0.1, 0.15) is 5.75 Å². The van der Waals surface area contributed by atoms with Gasteiger partial charge < -0.3 is 16.2 Å². The summed E-state index contributed by atoms with van der Waals surface area (Å²) in [6, 6.07) is 12.4. The van der Waals surface area contributed by atoms with Crippen LogP contribution in [0.25, 0.3) is 10.8 Å². The fourth-order valence-electron chi connectivity index (χ4n) is 2.42. The van der Waals surface area contributed by atoms with Gasteiger partial charge in [0.05, 0.1) is 0 Å². The summed E-state index contributed by atoms with van der Waals surface area (Å²) in [6.07, 6.45) is 2.05. The van der Waals surface area contributed by atoms with Crippen molar-refractivity contribution in [2.45, 2.75) is 24.9 Å². The molecule has 1 fully saturated rings. The molecule has 3 heteroatoms. The Labute approximate surface area is 100 Å². The number of aromatic hydroxyl groups is 1. The van der Waals surface area contributed by atoms with Gasteiger partial charge in [0.15, 0.2) is 0 Å². The lowest BCUT2D eigenvalue weighted by Crippen LogP contribution is -2.44. The Hall–Kier alpha value is -1.74. The number of anilines is 1. The lowest BCUT2D eigenvalue weighted by atomic mass is 9.87. The van der Waals surface area contributed by atoms with Crippen LogP contribution in [-0.4, -0.2) is 17.2 Å². The van der Waals surface area contributed by atoms with Gasteiger partial charge in [-0.15, -0.1) is 0 Å². The highest BCUT2D eigenvalue weighted by Crippen LogP contribution is 2.32. The predicted octanol–water partition coefficient (Wildman–Crippen LogP) is 2.45. The maximum atomic E-state index is 9.80. The Kier molecular flexibility index (Phi) is 2.41. The zero-order valence-electron chi connectivity index (χ0n) is 9.56. The highest BCUT2D eigenvalue weighted by molar-refractivity contribution is 5.97. The maximum absolute atomic E-state index is 9.80. The molecule has 88 valence electrons. The molecule has 0 saturated heterocycles. The number of rotatable bonds is 2. The van der Waals surface area contributed by atoms with Gasteiger partial charge in [-0.1, -0.05) is 24.3 Å². The number of phenols is 1. The first-order valence-corrected chi connectivity index (χ1v) is 5.97. The molecule has 0 spiro atoms. The molecule has 0 unspecified atom stereocenters. The molecule has 1 aliphatic rings. The summed E-state index contributed by atoms with van der Waals surface area (Å²) in [5.74, 6) is 0.330. The Morgan fingerprint density at radius 2 is 1.76 bits per heavy atom. The Bertz CT molecular complexity index is 547. The minimum absolute atomic E-state index is 0.330. The molecule has 0 radical (unpaired) electrons. The number of nitrogens with two attached hydrogens (primary N) is 1. The van der Waals surface area contributed by atoms with Crippen molar-refractivity contribution in [3.8, 4) is 5.75 Å². The molecule has 17 heavy (non-hydrogen) atoms. The van der Waals surface area contributed by atoms with E-state index >= 15 is 0 Å². The monoisotopic (exact) mass is 228 g/mol. The fourth-order valence-corrected chi connectivity index (χ4v) is 2.42. The van der Waals surface area contributed by atoms with E-state index in [0.29, 0.717) is 17.8 Å².